The molecule has 0 unspecified atom stereocenters. The van der Waals surface area contributed by atoms with Crippen LogP contribution in [0.3, 0.4) is 0 Å². The fraction of sp³-hybridized carbons (Fsp3) is 0.429. The third-order valence-electron chi connectivity index (χ3n) is 3.85. The summed E-state index contributed by atoms with van der Waals surface area (Å²) in [5.74, 6) is -0.856. The Kier molecular flexibility index (Phi) is 3.28. The molecule has 1 atom stereocenters. The van der Waals surface area contributed by atoms with Crippen LogP contribution in [-0.2, 0) is 4.74 Å². The summed E-state index contributed by atoms with van der Waals surface area (Å²) in [5, 5.41) is 0.180. The van der Waals surface area contributed by atoms with E-state index in [9.17, 15) is 14.0 Å². The highest BCUT2D eigenvalue weighted by atomic mass is 35.5. The van der Waals surface area contributed by atoms with E-state index < -0.39 is 11.4 Å². The van der Waals surface area contributed by atoms with Crippen molar-refractivity contribution in [1.82, 2.24) is 9.80 Å². The fourth-order valence-electron chi connectivity index (χ4n) is 2.88. The van der Waals surface area contributed by atoms with Crippen LogP contribution in [0.2, 0.25) is 5.02 Å². The average molecular weight is 313 g/mol. The van der Waals surface area contributed by atoms with Crippen LogP contribution < -0.4 is 0 Å². The molecule has 3 rings (SSSR count). The van der Waals surface area contributed by atoms with Crippen molar-refractivity contribution in [1.29, 1.82) is 0 Å². The van der Waals surface area contributed by atoms with Gasteiger partial charge in [0, 0.05) is 30.6 Å². The maximum Gasteiger partial charge on any atom is 0.410 e. The van der Waals surface area contributed by atoms with Crippen LogP contribution in [0.5, 0.6) is 0 Å². The number of carbonyl (C=O) groups is 2. The van der Waals surface area contributed by atoms with Gasteiger partial charge in [0.1, 0.15) is 5.82 Å². The highest BCUT2D eigenvalue weighted by Gasteiger charge is 2.49. The highest BCUT2D eigenvalue weighted by molar-refractivity contribution is 6.31. The van der Waals surface area contributed by atoms with Crippen molar-refractivity contribution in [3.05, 3.63) is 34.6 Å². The zero-order valence-corrected chi connectivity index (χ0v) is 12.2. The number of rotatable bonds is 1. The Morgan fingerprint density at radius 2 is 2.14 bits per heavy atom. The van der Waals surface area contributed by atoms with E-state index in [2.05, 4.69) is 0 Å². The Hall–Kier alpha value is -1.82. The summed E-state index contributed by atoms with van der Waals surface area (Å²) < 4.78 is 18.7. The molecule has 0 N–H and O–H groups in total. The normalized spacial score (nSPS) is 24.8. The van der Waals surface area contributed by atoms with Gasteiger partial charge in [-0.25, -0.2) is 9.18 Å². The van der Waals surface area contributed by atoms with Gasteiger partial charge in [-0.2, -0.15) is 0 Å². The van der Waals surface area contributed by atoms with Crippen molar-refractivity contribution in [2.75, 3.05) is 26.7 Å². The molecule has 21 heavy (non-hydrogen) atoms. The molecule has 0 aliphatic carbocycles. The van der Waals surface area contributed by atoms with E-state index >= 15 is 0 Å². The van der Waals surface area contributed by atoms with Crippen molar-refractivity contribution in [2.24, 2.45) is 0 Å². The van der Waals surface area contributed by atoms with Crippen molar-refractivity contribution < 1.29 is 18.7 Å². The first-order valence-electron chi connectivity index (χ1n) is 6.58. The summed E-state index contributed by atoms with van der Waals surface area (Å²) in [6.45, 7) is 1.24. The Bertz CT molecular complexity index is 604. The van der Waals surface area contributed by atoms with Crippen molar-refractivity contribution >= 4 is 23.6 Å². The summed E-state index contributed by atoms with van der Waals surface area (Å²) in [6, 6.07) is 3.74. The molecule has 0 bridgehead atoms. The third-order valence-corrected chi connectivity index (χ3v) is 4.07. The Morgan fingerprint density at radius 1 is 1.38 bits per heavy atom. The lowest BCUT2D eigenvalue weighted by atomic mass is 10.0. The van der Waals surface area contributed by atoms with Crippen LogP contribution in [-0.4, -0.2) is 54.1 Å². The monoisotopic (exact) mass is 312 g/mol. The lowest BCUT2D eigenvalue weighted by Crippen LogP contribution is -2.39. The van der Waals surface area contributed by atoms with E-state index in [0.717, 1.165) is 12.1 Å². The van der Waals surface area contributed by atoms with Crippen LogP contribution in [0.1, 0.15) is 16.8 Å². The Labute approximate surface area is 126 Å². The number of benzene rings is 1. The minimum absolute atomic E-state index is 0.180. The molecule has 2 aliphatic rings. The second-order valence-corrected chi connectivity index (χ2v) is 5.98. The van der Waals surface area contributed by atoms with Crippen molar-refractivity contribution in [3.8, 4) is 0 Å². The molecule has 7 heteroatoms. The molecular formula is C14H14ClFN2O3. The standard InChI is InChI=1S/C14H14ClFN2O3/c1-17-7-14(21-13(17)20)2-3-18(8-14)12(19)9-4-10(15)6-11(16)5-9/h4-6H,2-3,7-8H2,1H3/t14-/m1/s1. The lowest BCUT2D eigenvalue weighted by molar-refractivity contribution is 0.0553. The molecule has 1 spiro atoms. The Balaban J connectivity index is 1.77. The molecule has 112 valence electrons. The zero-order valence-electron chi connectivity index (χ0n) is 11.4. The number of nitrogens with zero attached hydrogens (tertiary/aromatic N) is 2. The topological polar surface area (TPSA) is 49.9 Å². The van der Waals surface area contributed by atoms with E-state index in [1.54, 1.807) is 11.9 Å². The van der Waals surface area contributed by atoms with Crippen LogP contribution in [0, 0.1) is 5.82 Å². The fourth-order valence-corrected chi connectivity index (χ4v) is 3.10. The maximum atomic E-state index is 13.3. The first-order chi connectivity index (χ1) is 9.88. The van der Waals surface area contributed by atoms with Crippen LogP contribution in [0.4, 0.5) is 9.18 Å². The second-order valence-electron chi connectivity index (χ2n) is 5.54. The SMILES string of the molecule is CN1C[C@@]2(CCN(C(=O)c3cc(F)cc(Cl)c3)C2)OC1=O. The molecule has 2 aliphatic heterocycles. The van der Waals surface area contributed by atoms with Gasteiger partial charge in [-0.05, 0) is 18.2 Å². The predicted molar refractivity (Wildman–Crippen MR) is 73.8 cm³/mol. The number of amides is 2. The number of halogens is 2. The van der Waals surface area contributed by atoms with Gasteiger partial charge in [0.2, 0.25) is 0 Å². The van der Waals surface area contributed by atoms with E-state index in [1.807, 2.05) is 0 Å². The molecule has 0 aromatic heterocycles. The highest BCUT2D eigenvalue weighted by Crippen LogP contribution is 2.32. The average Bonchev–Trinajstić information content (AvgIpc) is 2.92. The molecule has 1 aromatic carbocycles. The number of hydrogen-bond acceptors (Lipinski definition) is 3. The number of likely N-dealkylation sites (tertiary alicyclic amines) is 1. The first kappa shape index (κ1) is 14.1. The second kappa shape index (κ2) is 4.87. The number of likely N-dealkylation sites (N-methyl/N-ethyl adjacent to an activating group) is 1. The van der Waals surface area contributed by atoms with Gasteiger partial charge in [0.15, 0.2) is 5.60 Å². The number of carbonyl (C=O) groups excluding carboxylic acids is 2. The summed E-state index contributed by atoms with van der Waals surface area (Å²) in [6.07, 6.45) is 0.204. The molecule has 2 saturated heterocycles. The molecule has 2 fully saturated rings. The largest absolute Gasteiger partial charge is 0.439 e. The molecular weight excluding hydrogens is 299 g/mol. The molecule has 2 heterocycles. The predicted octanol–water partition coefficient (Wildman–Crippen LogP) is 2.15. The van der Waals surface area contributed by atoms with E-state index in [4.69, 9.17) is 16.3 Å². The maximum absolute atomic E-state index is 13.3. The van der Waals surface area contributed by atoms with Gasteiger partial charge in [-0.3, -0.25) is 4.79 Å². The third kappa shape index (κ3) is 2.55. The summed E-state index contributed by atoms with van der Waals surface area (Å²) in [5.41, 5.74) is -0.437. The van der Waals surface area contributed by atoms with Crippen LogP contribution in [0.25, 0.3) is 0 Å². The number of ether oxygens (including phenoxy) is 1. The summed E-state index contributed by atoms with van der Waals surface area (Å²) >= 11 is 5.77. The minimum atomic E-state index is -0.640. The van der Waals surface area contributed by atoms with Gasteiger partial charge >= 0.3 is 6.09 Å². The van der Waals surface area contributed by atoms with Crippen LogP contribution >= 0.6 is 11.6 Å². The molecule has 0 radical (unpaired) electrons. The van der Waals surface area contributed by atoms with E-state index in [1.165, 1.54) is 11.0 Å². The minimum Gasteiger partial charge on any atom is -0.439 e. The van der Waals surface area contributed by atoms with Gasteiger partial charge in [0.25, 0.3) is 5.91 Å². The van der Waals surface area contributed by atoms with Gasteiger partial charge in [0.05, 0.1) is 13.1 Å². The van der Waals surface area contributed by atoms with Gasteiger partial charge in [-0.1, -0.05) is 11.6 Å². The van der Waals surface area contributed by atoms with Crippen molar-refractivity contribution in [3.63, 3.8) is 0 Å². The van der Waals surface area contributed by atoms with Crippen LogP contribution in [0.15, 0.2) is 18.2 Å². The lowest BCUT2D eigenvalue weighted by Gasteiger charge is -2.21. The van der Waals surface area contributed by atoms with Gasteiger partial charge < -0.3 is 14.5 Å². The first-order valence-corrected chi connectivity index (χ1v) is 6.96. The molecule has 1 aromatic rings. The summed E-state index contributed by atoms with van der Waals surface area (Å²) in [7, 11) is 1.66. The van der Waals surface area contributed by atoms with Gasteiger partial charge in [-0.15, -0.1) is 0 Å². The smallest absolute Gasteiger partial charge is 0.410 e. The number of hydrogen-bond donors (Lipinski definition) is 0. The van der Waals surface area contributed by atoms with E-state index in [0.29, 0.717) is 26.1 Å². The molecule has 5 nitrogen and oxygen atoms in total. The van der Waals surface area contributed by atoms with Crippen molar-refractivity contribution in [2.45, 2.75) is 12.0 Å². The van der Waals surface area contributed by atoms with E-state index in [-0.39, 0.29) is 22.6 Å². The Morgan fingerprint density at radius 3 is 2.76 bits per heavy atom. The zero-order chi connectivity index (χ0) is 15.2. The summed E-state index contributed by atoms with van der Waals surface area (Å²) in [4.78, 5) is 27.0. The quantitative estimate of drug-likeness (QED) is 0.798. The molecule has 2 amide bonds. The molecule has 0 saturated carbocycles.